The molecule has 1 amide bonds. The number of nitrogens with zero attached hydrogens (tertiary/aromatic N) is 1. The Bertz CT molecular complexity index is 1150. The minimum atomic E-state index is -3.95. The first-order valence-electron chi connectivity index (χ1n) is 10.0. The highest BCUT2D eigenvalue weighted by Crippen LogP contribution is 2.29. The molecule has 0 unspecified atom stereocenters. The Morgan fingerprint density at radius 1 is 0.938 bits per heavy atom. The average Bonchev–Trinajstić information content (AvgIpc) is 2.83. The van der Waals surface area contributed by atoms with Crippen molar-refractivity contribution in [3.8, 4) is 11.5 Å². The Labute approximate surface area is 188 Å². The fraction of sp³-hybridized carbons (Fsp3) is 0.208. The number of amides is 1. The molecule has 1 N–H and O–H groups in total. The highest BCUT2D eigenvalue weighted by Gasteiger charge is 2.27. The van der Waals surface area contributed by atoms with Crippen molar-refractivity contribution in [3.63, 3.8) is 0 Å². The summed E-state index contributed by atoms with van der Waals surface area (Å²) in [5, 5.41) is 2.87. The Balaban J connectivity index is 1.87. The van der Waals surface area contributed by atoms with Crippen molar-refractivity contribution in [2.75, 3.05) is 25.1 Å². The number of para-hydroxylation sites is 1. The van der Waals surface area contributed by atoms with Gasteiger partial charge in [0.1, 0.15) is 18.0 Å². The molecule has 1 atom stereocenters. The van der Waals surface area contributed by atoms with E-state index in [9.17, 15) is 13.2 Å². The summed E-state index contributed by atoms with van der Waals surface area (Å²) in [5.74, 6) is 0.764. The summed E-state index contributed by atoms with van der Waals surface area (Å²) in [7, 11) is -0.844. The van der Waals surface area contributed by atoms with Crippen molar-refractivity contribution in [1.29, 1.82) is 0 Å². The summed E-state index contributed by atoms with van der Waals surface area (Å²) in [5.41, 5.74) is 1.12. The molecule has 168 valence electrons. The summed E-state index contributed by atoms with van der Waals surface area (Å²) < 4.78 is 38.4. The number of methoxy groups -OCH3 is 2. The summed E-state index contributed by atoms with van der Waals surface area (Å²) >= 11 is 0. The lowest BCUT2D eigenvalue weighted by Crippen LogP contribution is -2.41. The van der Waals surface area contributed by atoms with Gasteiger partial charge in [0.05, 0.1) is 30.8 Å². The van der Waals surface area contributed by atoms with Gasteiger partial charge in [0.25, 0.3) is 10.0 Å². The molecule has 0 fully saturated rings. The van der Waals surface area contributed by atoms with Crippen LogP contribution in [0.2, 0.25) is 0 Å². The Kier molecular flexibility index (Phi) is 7.37. The number of sulfonamides is 1. The molecule has 3 rings (SSSR count). The molecule has 0 spiro atoms. The van der Waals surface area contributed by atoms with E-state index in [1.165, 1.54) is 12.1 Å². The predicted octanol–water partition coefficient (Wildman–Crippen LogP) is 3.78. The van der Waals surface area contributed by atoms with Crippen LogP contribution >= 0.6 is 0 Å². The second-order valence-electron chi connectivity index (χ2n) is 7.06. The number of rotatable bonds is 9. The van der Waals surface area contributed by atoms with Gasteiger partial charge < -0.3 is 14.8 Å². The number of benzene rings is 3. The van der Waals surface area contributed by atoms with Crippen molar-refractivity contribution in [2.24, 2.45) is 0 Å². The molecule has 3 aromatic rings. The van der Waals surface area contributed by atoms with Crippen LogP contribution in [0.5, 0.6) is 11.5 Å². The maximum Gasteiger partial charge on any atom is 0.264 e. The minimum Gasteiger partial charge on any atom is -0.497 e. The zero-order valence-corrected chi connectivity index (χ0v) is 19.0. The molecule has 0 saturated carbocycles. The highest BCUT2D eigenvalue weighted by molar-refractivity contribution is 7.92. The van der Waals surface area contributed by atoms with Crippen LogP contribution in [0, 0.1) is 0 Å². The van der Waals surface area contributed by atoms with E-state index in [0.717, 1.165) is 9.87 Å². The van der Waals surface area contributed by atoms with Crippen molar-refractivity contribution >= 4 is 21.6 Å². The zero-order chi connectivity index (χ0) is 23.1. The number of carbonyl (C=O) groups excluding carboxylic acids is 1. The minimum absolute atomic E-state index is 0.110. The second kappa shape index (κ2) is 10.2. The van der Waals surface area contributed by atoms with Crippen LogP contribution in [0.1, 0.15) is 18.5 Å². The molecular weight excluding hydrogens is 428 g/mol. The van der Waals surface area contributed by atoms with Crippen LogP contribution in [-0.2, 0) is 14.8 Å². The lowest BCUT2D eigenvalue weighted by Gasteiger charge is -2.25. The third kappa shape index (κ3) is 5.20. The Morgan fingerprint density at radius 3 is 2.16 bits per heavy atom. The van der Waals surface area contributed by atoms with Gasteiger partial charge in [-0.15, -0.1) is 0 Å². The molecule has 0 bridgehead atoms. The fourth-order valence-electron chi connectivity index (χ4n) is 3.30. The second-order valence-corrected chi connectivity index (χ2v) is 8.92. The van der Waals surface area contributed by atoms with Crippen LogP contribution < -0.4 is 19.1 Å². The first-order chi connectivity index (χ1) is 15.4. The van der Waals surface area contributed by atoms with Crippen LogP contribution in [0.15, 0.2) is 83.8 Å². The molecule has 3 aromatic carbocycles. The Morgan fingerprint density at radius 2 is 1.56 bits per heavy atom. The molecule has 0 aromatic heterocycles. The molecule has 8 heteroatoms. The summed E-state index contributed by atoms with van der Waals surface area (Å²) in [6.07, 6.45) is 0. The smallest absolute Gasteiger partial charge is 0.264 e. The van der Waals surface area contributed by atoms with Gasteiger partial charge in [-0.3, -0.25) is 9.10 Å². The lowest BCUT2D eigenvalue weighted by atomic mass is 10.1. The third-order valence-electron chi connectivity index (χ3n) is 4.94. The first kappa shape index (κ1) is 23.1. The van der Waals surface area contributed by atoms with E-state index >= 15 is 0 Å². The zero-order valence-electron chi connectivity index (χ0n) is 18.2. The monoisotopic (exact) mass is 454 g/mol. The van der Waals surface area contributed by atoms with E-state index in [4.69, 9.17) is 9.47 Å². The molecule has 0 aliphatic rings. The molecule has 0 aliphatic carbocycles. The summed E-state index contributed by atoms with van der Waals surface area (Å²) in [6.45, 7) is 1.42. The molecule has 0 saturated heterocycles. The number of nitrogens with one attached hydrogen (secondary N) is 1. The Hall–Kier alpha value is -3.52. The molecule has 0 aliphatic heterocycles. The first-order valence-corrected chi connectivity index (χ1v) is 11.4. The van der Waals surface area contributed by atoms with Crippen molar-refractivity contribution < 1.29 is 22.7 Å². The molecular formula is C24H26N2O5S. The number of hydrogen-bond acceptors (Lipinski definition) is 5. The van der Waals surface area contributed by atoms with E-state index in [-0.39, 0.29) is 11.4 Å². The van der Waals surface area contributed by atoms with Gasteiger partial charge in [0.15, 0.2) is 0 Å². The fourth-order valence-corrected chi connectivity index (χ4v) is 4.74. The number of carbonyl (C=O) groups is 1. The number of anilines is 1. The van der Waals surface area contributed by atoms with Crippen LogP contribution in [-0.4, -0.2) is 35.1 Å². The predicted molar refractivity (Wildman–Crippen MR) is 124 cm³/mol. The standard InChI is InChI=1S/C24H26N2O5S/c1-18(22-16-20(30-2)14-15-23(22)31-3)25-24(27)17-26(19-10-6-4-7-11-19)32(28,29)21-12-8-5-9-13-21/h4-16,18H,17H2,1-3H3,(H,25,27)/t18-/m0/s1. The van der Waals surface area contributed by atoms with Gasteiger partial charge in [0, 0.05) is 5.56 Å². The normalized spacial score (nSPS) is 12.0. The van der Waals surface area contributed by atoms with Gasteiger partial charge >= 0.3 is 0 Å². The van der Waals surface area contributed by atoms with E-state index in [1.807, 2.05) is 0 Å². The highest BCUT2D eigenvalue weighted by atomic mass is 32.2. The average molecular weight is 455 g/mol. The number of ether oxygens (including phenoxy) is 2. The molecule has 7 nitrogen and oxygen atoms in total. The third-order valence-corrected chi connectivity index (χ3v) is 6.73. The topological polar surface area (TPSA) is 84.9 Å². The van der Waals surface area contributed by atoms with Crippen LogP contribution in [0.4, 0.5) is 5.69 Å². The van der Waals surface area contributed by atoms with Gasteiger partial charge in [-0.25, -0.2) is 8.42 Å². The quantitative estimate of drug-likeness (QED) is 0.532. The van der Waals surface area contributed by atoms with Crippen LogP contribution in [0.3, 0.4) is 0 Å². The SMILES string of the molecule is COc1ccc(OC)c([C@H](C)NC(=O)CN(c2ccccc2)S(=O)(=O)c2ccccc2)c1. The molecule has 0 heterocycles. The van der Waals surface area contributed by atoms with E-state index in [2.05, 4.69) is 5.32 Å². The van der Waals surface area contributed by atoms with E-state index in [1.54, 1.807) is 87.9 Å². The lowest BCUT2D eigenvalue weighted by molar-refractivity contribution is -0.120. The van der Waals surface area contributed by atoms with Crippen LogP contribution in [0.25, 0.3) is 0 Å². The van der Waals surface area contributed by atoms with Crippen molar-refractivity contribution in [3.05, 3.63) is 84.4 Å². The molecule has 0 radical (unpaired) electrons. The van der Waals surface area contributed by atoms with Gasteiger partial charge in [0.2, 0.25) is 5.91 Å². The van der Waals surface area contributed by atoms with E-state index in [0.29, 0.717) is 17.2 Å². The van der Waals surface area contributed by atoms with Crippen molar-refractivity contribution in [1.82, 2.24) is 5.32 Å². The summed E-state index contributed by atoms with van der Waals surface area (Å²) in [4.78, 5) is 13.1. The largest absolute Gasteiger partial charge is 0.497 e. The van der Waals surface area contributed by atoms with Crippen molar-refractivity contribution in [2.45, 2.75) is 17.9 Å². The maximum atomic E-state index is 13.3. The van der Waals surface area contributed by atoms with E-state index < -0.39 is 22.0 Å². The molecule has 32 heavy (non-hydrogen) atoms. The van der Waals surface area contributed by atoms with Gasteiger partial charge in [-0.1, -0.05) is 36.4 Å². The van der Waals surface area contributed by atoms with Gasteiger partial charge in [-0.2, -0.15) is 0 Å². The number of hydrogen-bond donors (Lipinski definition) is 1. The summed E-state index contributed by atoms with van der Waals surface area (Å²) in [6, 6.07) is 21.5. The van der Waals surface area contributed by atoms with Gasteiger partial charge in [-0.05, 0) is 49.4 Å². The maximum absolute atomic E-state index is 13.3.